The number of hydrogen-bond acceptors (Lipinski definition) is 4. The van der Waals surface area contributed by atoms with Gasteiger partial charge in [0, 0.05) is 31.9 Å². The molecule has 18 heavy (non-hydrogen) atoms. The molecule has 1 amide bonds. The van der Waals surface area contributed by atoms with Gasteiger partial charge in [0.25, 0.3) is 0 Å². The molecule has 0 saturated carbocycles. The molecule has 2 rings (SSSR count). The summed E-state index contributed by atoms with van der Waals surface area (Å²) in [7, 11) is 0. The summed E-state index contributed by atoms with van der Waals surface area (Å²) in [4.78, 5) is 18.1. The molecule has 2 N–H and O–H groups in total. The number of carbonyl (C=O) groups is 1. The third kappa shape index (κ3) is 3.66. The Hall–Kier alpha value is -1.17. The maximum absolute atomic E-state index is 11.9. The summed E-state index contributed by atoms with van der Waals surface area (Å²) in [6.07, 6.45) is 1.52. The van der Waals surface area contributed by atoms with Crippen molar-refractivity contribution in [2.75, 3.05) is 31.5 Å². The number of rotatable bonds is 3. The zero-order valence-electron chi connectivity index (χ0n) is 10.3. The molecular formula is C12H17ClN4O. The van der Waals surface area contributed by atoms with Crippen LogP contribution < -0.4 is 10.6 Å². The van der Waals surface area contributed by atoms with Gasteiger partial charge in [-0.05, 0) is 19.1 Å². The van der Waals surface area contributed by atoms with Crippen LogP contribution in [0.2, 0.25) is 5.02 Å². The van der Waals surface area contributed by atoms with Crippen LogP contribution in [0, 0.1) is 0 Å². The van der Waals surface area contributed by atoms with E-state index in [9.17, 15) is 4.79 Å². The smallest absolute Gasteiger partial charge is 0.239 e. The van der Waals surface area contributed by atoms with Crippen LogP contribution in [0.4, 0.5) is 5.82 Å². The molecule has 0 spiro atoms. The second-order valence-electron chi connectivity index (χ2n) is 4.43. The predicted octanol–water partition coefficient (Wildman–Crippen LogP) is 0.967. The minimum Gasteiger partial charge on any atom is -0.314 e. The Morgan fingerprint density at radius 3 is 3.17 bits per heavy atom. The summed E-state index contributed by atoms with van der Waals surface area (Å²) < 4.78 is 0. The van der Waals surface area contributed by atoms with Crippen LogP contribution in [0.15, 0.2) is 18.3 Å². The van der Waals surface area contributed by atoms with Gasteiger partial charge in [-0.15, -0.1) is 0 Å². The van der Waals surface area contributed by atoms with Crippen LogP contribution in [0.1, 0.15) is 6.92 Å². The molecule has 1 aromatic heterocycles. The maximum atomic E-state index is 11.9. The number of anilines is 1. The van der Waals surface area contributed by atoms with E-state index in [4.69, 9.17) is 11.6 Å². The molecule has 1 aromatic rings. The number of pyridine rings is 1. The minimum atomic E-state index is -0.0430. The molecule has 1 atom stereocenters. The van der Waals surface area contributed by atoms with Crippen molar-refractivity contribution in [3.05, 3.63) is 23.4 Å². The second-order valence-corrected chi connectivity index (χ2v) is 4.87. The van der Waals surface area contributed by atoms with Crippen molar-refractivity contribution in [2.45, 2.75) is 13.0 Å². The van der Waals surface area contributed by atoms with Gasteiger partial charge in [0.2, 0.25) is 5.91 Å². The van der Waals surface area contributed by atoms with Gasteiger partial charge >= 0.3 is 0 Å². The fourth-order valence-corrected chi connectivity index (χ4v) is 2.05. The molecule has 6 heteroatoms. The van der Waals surface area contributed by atoms with Crippen molar-refractivity contribution in [2.24, 2.45) is 0 Å². The van der Waals surface area contributed by atoms with Crippen LogP contribution >= 0.6 is 11.6 Å². The number of amides is 1. The standard InChI is InChI=1S/C12H17ClN4O/c1-9-6-14-4-5-17(9)8-12(18)16-11-3-2-10(13)7-15-11/h2-3,7,9,14H,4-6,8H2,1H3,(H,15,16,18)/t9-/m1/s1. The first-order valence-corrected chi connectivity index (χ1v) is 6.39. The number of nitrogens with one attached hydrogen (secondary N) is 2. The van der Waals surface area contributed by atoms with E-state index in [1.54, 1.807) is 12.1 Å². The lowest BCUT2D eigenvalue weighted by molar-refractivity contribution is -0.118. The van der Waals surface area contributed by atoms with E-state index in [1.807, 2.05) is 0 Å². The molecule has 0 aromatic carbocycles. The summed E-state index contributed by atoms with van der Waals surface area (Å²) >= 11 is 5.73. The number of hydrogen-bond donors (Lipinski definition) is 2. The van der Waals surface area contributed by atoms with Gasteiger partial charge in [0.1, 0.15) is 5.82 Å². The van der Waals surface area contributed by atoms with Crippen LogP contribution in [-0.4, -0.2) is 48.0 Å². The Kier molecular flexibility index (Phi) is 4.52. The topological polar surface area (TPSA) is 57.3 Å². The fourth-order valence-electron chi connectivity index (χ4n) is 1.93. The van der Waals surface area contributed by atoms with Crippen LogP contribution in [0.3, 0.4) is 0 Å². The summed E-state index contributed by atoms with van der Waals surface area (Å²) in [6.45, 7) is 5.25. The Morgan fingerprint density at radius 2 is 2.50 bits per heavy atom. The number of piperazine rings is 1. The van der Waals surface area contributed by atoms with Gasteiger partial charge < -0.3 is 10.6 Å². The van der Waals surface area contributed by atoms with Crippen molar-refractivity contribution in [3.63, 3.8) is 0 Å². The van der Waals surface area contributed by atoms with E-state index in [0.717, 1.165) is 19.6 Å². The molecule has 0 aliphatic carbocycles. The molecule has 5 nitrogen and oxygen atoms in total. The largest absolute Gasteiger partial charge is 0.314 e. The van der Waals surface area contributed by atoms with Crippen molar-refractivity contribution >= 4 is 23.3 Å². The molecular weight excluding hydrogens is 252 g/mol. The third-order valence-corrected chi connectivity index (χ3v) is 3.20. The normalized spacial score (nSPS) is 20.7. The molecule has 1 saturated heterocycles. The lowest BCUT2D eigenvalue weighted by atomic mass is 10.2. The third-order valence-electron chi connectivity index (χ3n) is 2.98. The van der Waals surface area contributed by atoms with E-state index in [1.165, 1.54) is 6.20 Å². The lowest BCUT2D eigenvalue weighted by Crippen LogP contribution is -2.52. The highest BCUT2D eigenvalue weighted by Crippen LogP contribution is 2.10. The summed E-state index contributed by atoms with van der Waals surface area (Å²) in [5, 5.41) is 6.62. The Bertz CT molecular complexity index is 409. The van der Waals surface area contributed by atoms with E-state index >= 15 is 0 Å². The first kappa shape index (κ1) is 13.3. The van der Waals surface area contributed by atoms with E-state index in [0.29, 0.717) is 23.4 Å². The number of halogens is 1. The molecule has 1 aliphatic heterocycles. The van der Waals surface area contributed by atoms with Crippen molar-refractivity contribution in [1.82, 2.24) is 15.2 Å². The molecule has 1 aliphatic rings. The number of nitrogens with zero attached hydrogens (tertiary/aromatic N) is 2. The van der Waals surface area contributed by atoms with Gasteiger partial charge in [-0.2, -0.15) is 0 Å². The quantitative estimate of drug-likeness (QED) is 0.858. The van der Waals surface area contributed by atoms with Crippen molar-refractivity contribution in [3.8, 4) is 0 Å². The Labute approximate surface area is 112 Å². The SMILES string of the molecule is C[C@@H]1CNCCN1CC(=O)Nc1ccc(Cl)cn1. The van der Waals surface area contributed by atoms with Crippen LogP contribution in [0.5, 0.6) is 0 Å². The zero-order valence-corrected chi connectivity index (χ0v) is 11.1. The van der Waals surface area contributed by atoms with E-state index in [2.05, 4.69) is 27.4 Å². The van der Waals surface area contributed by atoms with Gasteiger partial charge in [-0.25, -0.2) is 4.98 Å². The molecule has 2 heterocycles. The Balaban J connectivity index is 1.86. The molecule has 0 bridgehead atoms. The molecule has 1 fully saturated rings. The van der Waals surface area contributed by atoms with Gasteiger partial charge in [-0.3, -0.25) is 9.69 Å². The summed E-state index contributed by atoms with van der Waals surface area (Å²) in [5.74, 6) is 0.491. The number of carbonyl (C=O) groups excluding carboxylic acids is 1. The van der Waals surface area contributed by atoms with E-state index in [-0.39, 0.29) is 5.91 Å². The maximum Gasteiger partial charge on any atom is 0.239 e. The summed E-state index contributed by atoms with van der Waals surface area (Å²) in [5.41, 5.74) is 0. The first-order chi connectivity index (χ1) is 8.65. The average molecular weight is 269 g/mol. The van der Waals surface area contributed by atoms with Gasteiger partial charge in [-0.1, -0.05) is 11.6 Å². The van der Waals surface area contributed by atoms with Gasteiger partial charge in [0.05, 0.1) is 11.6 Å². The fraction of sp³-hybridized carbons (Fsp3) is 0.500. The predicted molar refractivity (Wildman–Crippen MR) is 71.8 cm³/mol. The van der Waals surface area contributed by atoms with E-state index < -0.39 is 0 Å². The molecule has 0 radical (unpaired) electrons. The first-order valence-electron chi connectivity index (χ1n) is 6.01. The van der Waals surface area contributed by atoms with Crippen LogP contribution in [-0.2, 0) is 4.79 Å². The Morgan fingerprint density at radius 1 is 1.67 bits per heavy atom. The molecule has 0 unspecified atom stereocenters. The highest BCUT2D eigenvalue weighted by Gasteiger charge is 2.20. The zero-order chi connectivity index (χ0) is 13.0. The van der Waals surface area contributed by atoms with Gasteiger partial charge in [0.15, 0.2) is 0 Å². The highest BCUT2D eigenvalue weighted by atomic mass is 35.5. The average Bonchev–Trinajstić information content (AvgIpc) is 2.35. The number of aromatic nitrogens is 1. The molecule has 98 valence electrons. The monoisotopic (exact) mass is 268 g/mol. The lowest BCUT2D eigenvalue weighted by Gasteiger charge is -2.33. The summed E-state index contributed by atoms with van der Waals surface area (Å²) in [6, 6.07) is 3.78. The van der Waals surface area contributed by atoms with Crippen molar-refractivity contribution in [1.29, 1.82) is 0 Å². The minimum absolute atomic E-state index is 0.0430. The van der Waals surface area contributed by atoms with Crippen LogP contribution in [0.25, 0.3) is 0 Å². The second kappa shape index (κ2) is 6.13. The highest BCUT2D eigenvalue weighted by molar-refractivity contribution is 6.30. The van der Waals surface area contributed by atoms with Crippen molar-refractivity contribution < 1.29 is 4.79 Å².